The maximum Gasteiger partial charge on any atom is 0.415 e. The summed E-state index contributed by atoms with van der Waals surface area (Å²) < 4.78 is 5.67. The van der Waals surface area contributed by atoms with Gasteiger partial charge in [0, 0.05) is 6.20 Å². The highest BCUT2D eigenvalue weighted by Crippen LogP contribution is 2.39. The first kappa shape index (κ1) is 14.5. The average molecular weight is 276 g/mol. The lowest BCUT2D eigenvalue weighted by Gasteiger charge is -2.30. The molecule has 1 spiro atoms. The van der Waals surface area contributed by atoms with Crippen LogP contribution in [0.2, 0.25) is 0 Å². The molecule has 1 amide bonds. The fourth-order valence-corrected chi connectivity index (χ4v) is 3.03. The van der Waals surface area contributed by atoms with Crippen molar-refractivity contribution in [3.05, 3.63) is 24.0 Å². The van der Waals surface area contributed by atoms with E-state index in [9.17, 15) is 4.79 Å². The second kappa shape index (κ2) is 6.03. The second-order valence-electron chi connectivity index (χ2n) is 5.31. The highest BCUT2D eigenvalue weighted by Gasteiger charge is 2.46. The molecule has 1 saturated carbocycles. The van der Waals surface area contributed by atoms with Crippen LogP contribution in [0.3, 0.4) is 0 Å². The number of rotatable bonds is 1. The topological polar surface area (TPSA) is 59.5 Å². The number of carbonyl (C=O) groups excluding carboxylic acids is 2. The number of amides is 1. The largest absolute Gasteiger partial charge is 0.441 e. The number of aromatic nitrogens is 1. The van der Waals surface area contributed by atoms with E-state index in [1.54, 1.807) is 11.1 Å². The van der Waals surface area contributed by atoms with Gasteiger partial charge in [-0.3, -0.25) is 9.88 Å². The fourth-order valence-electron chi connectivity index (χ4n) is 3.03. The van der Waals surface area contributed by atoms with E-state index in [0.29, 0.717) is 6.54 Å². The minimum absolute atomic E-state index is 0.215. The molecule has 0 bridgehead atoms. The Labute approximate surface area is 118 Å². The molecule has 0 radical (unpaired) electrons. The van der Waals surface area contributed by atoms with Gasteiger partial charge in [-0.25, -0.2) is 4.79 Å². The van der Waals surface area contributed by atoms with Crippen LogP contribution >= 0.6 is 0 Å². The van der Waals surface area contributed by atoms with Crippen LogP contribution in [0.1, 0.15) is 37.8 Å². The molecule has 1 saturated heterocycles. The Morgan fingerprint density at radius 3 is 2.65 bits per heavy atom. The Morgan fingerprint density at radius 1 is 1.30 bits per heavy atom. The smallest absolute Gasteiger partial charge is 0.415 e. The maximum atomic E-state index is 12.1. The maximum absolute atomic E-state index is 12.1. The summed E-state index contributed by atoms with van der Waals surface area (Å²) in [6.45, 7) is 4.60. The van der Waals surface area contributed by atoms with Gasteiger partial charge >= 0.3 is 6.09 Å². The number of pyridine rings is 1. The third-order valence-electron chi connectivity index (χ3n) is 4.01. The zero-order valence-corrected chi connectivity index (χ0v) is 11.8. The van der Waals surface area contributed by atoms with Crippen molar-refractivity contribution in [2.24, 2.45) is 0 Å². The van der Waals surface area contributed by atoms with Gasteiger partial charge in [0.05, 0.1) is 17.9 Å². The summed E-state index contributed by atoms with van der Waals surface area (Å²) in [6, 6.07) is 3.80. The lowest BCUT2D eigenvalue weighted by Crippen LogP contribution is -2.36. The number of aryl methyl sites for hydroxylation is 1. The summed E-state index contributed by atoms with van der Waals surface area (Å²) in [7, 11) is 0. The molecule has 1 aliphatic heterocycles. The van der Waals surface area contributed by atoms with Gasteiger partial charge in [-0.1, -0.05) is 6.42 Å². The molecule has 5 nitrogen and oxygen atoms in total. The molecule has 2 heterocycles. The van der Waals surface area contributed by atoms with E-state index in [4.69, 9.17) is 9.53 Å². The van der Waals surface area contributed by atoms with Gasteiger partial charge in [0.2, 0.25) is 0 Å². The van der Waals surface area contributed by atoms with Gasteiger partial charge < -0.3 is 9.53 Å². The predicted molar refractivity (Wildman–Crippen MR) is 75.7 cm³/mol. The molecule has 0 unspecified atom stereocenters. The number of anilines is 1. The Balaban J connectivity index is 0.000000704. The Bertz CT molecular complexity index is 484. The second-order valence-corrected chi connectivity index (χ2v) is 5.31. The minimum Gasteiger partial charge on any atom is -0.441 e. The SMILES string of the molecule is C=O.Cc1ncccc1N1CC2(CCCCC2)OC1=O. The van der Waals surface area contributed by atoms with E-state index in [2.05, 4.69) is 4.98 Å². The van der Waals surface area contributed by atoms with Crippen LogP contribution < -0.4 is 4.90 Å². The van der Waals surface area contributed by atoms with E-state index in [-0.39, 0.29) is 11.7 Å². The molecular formula is C15H20N2O3. The summed E-state index contributed by atoms with van der Waals surface area (Å²) in [6.07, 6.45) is 7.10. The molecule has 0 N–H and O–H groups in total. The standard InChI is InChI=1S/C14H18N2O2.CH2O/c1-11-12(6-5-9-15-11)16-10-14(18-13(16)17)7-3-2-4-8-14;1-2/h5-6,9H,2-4,7-8,10H2,1H3;1H2. The van der Waals surface area contributed by atoms with Crippen LogP contribution in [-0.2, 0) is 9.53 Å². The van der Waals surface area contributed by atoms with Crippen molar-refractivity contribution < 1.29 is 14.3 Å². The van der Waals surface area contributed by atoms with Gasteiger partial charge in [-0.05, 0) is 44.7 Å². The number of hydrogen-bond acceptors (Lipinski definition) is 4. The van der Waals surface area contributed by atoms with Gasteiger partial charge in [0.15, 0.2) is 0 Å². The molecule has 3 rings (SSSR count). The van der Waals surface area contributed by atoms with Crippen LogP contribution in [0.5, 0.6) is 0 Å². The Hall–Kier alpha value is -1.91. The average Bonchev–Trinajstić information content (AvgIpc) is 2.78. The van der Waals surface area contributed by atoms with Crippen molar-refractivity contribution in [2.75, 3.05) is 11.4 Å². The number of nitrogens with zero attached hydrogens (tertiary/aromatic N) is 2. The van der Waals surface area contributed by atoms with Crippen molar-refractivity contribution in [1.29, 1.82) is 0 Å². The van der Waals surface area contributed by atoms with Gasteiger partial charge in [-0.15, -0.1) is 0 Å². The first-order valence-electron chi connectivity index (χ1n) is 6.91. The number of hydrogen-bond donors (Lipinski definition) is 0. The van der Waals surface area contributed by atoms with Crippen LogP contribution in [-0.4, -0.2) is 30.0 Å². The molecule has 108 valence electrons. The van der Waals surface area contributed by atoms with E-state index in [1.807, 2.05) is 25.8 Å². The predicted octanol–water partition coefficient (Wildman–Crippen LogP) is 2.86. The van der Waals surface area contributed by atoms with E-state index in [0.717, 1.165) is 37.1 Å². The van der Waals surface area contributed by atoms with Crippen LogP contribution in [0.4, 0.5) is 10.5 Å². The van der Waals surface area contributed by atoms with Gasteiger partial charge in [0.1, 0.15) is 12.4 Å². The number of carbonyl (C=O) groups is 2. The molecule has 1 aromatic heterocycles. The van der Waals surface area contributed by atoms with Gasteiger partial charge in [-0.2, -0.15) is 0 Å². The first-order chi connectivity index (χ1) is 9.70. The quantitative estimate of drug-likeness (QED) is 0.791. The lowest BCUT2D eigenvalue weighted by atomic mass is 9.85. The normalized spacial score (nSPS) is 20.2. The zero-order chi connectivity index (χ0) is 14.6. The van der Waals surface area contributed by atoms with E-state index < -0.39 is 0 Å². The van der Waals surface area contributed by atoms with Crippen molar-refractivity contribution in [2.45, 2.75) is 44.6 Å². The van der Waals surface area contributed by atoms with E-state index in [1.165, 1.54) is 6.42 Å². The van der Waals surface area contributed by atoms with Crippen molar-refractivity contribution in [3.8, 4) is 0 Å². The Morgan fingerprint density at radius 2 is 2.00 bits per heavy atom. The third kappa shape index (κ3) is 2.66. The van der Waals surface area contributed by atoms with Crippen LogP contribution in [0.25, 0.3) is 0 Å². The molecule has 1 aliphatic carbocycles. The van der Waals surface area contributed by atoms with Crippen molar-refractivity contribution >= 4 is 18.6 Å². The molecule has 20 heavy (non-hydrogen) atoms. The van der Waals surface area contributed by atoms with Crippen molar-refractivity contribution in [1.82, 2.24) is 4.98 Å². The Kier molecular flexibility index (Phi) is 4.37. The van der Waals surface area contributed by atoms with Gasteiger partial charge in [0.25, 0.3) is 0 Å². The summed E-state index contributed by atoms with van der Waals surface area (Å²) in [5, 5.41) is 0. The summed E-state index contributed by atoms with van der Waals surface area (Å²) in [5.74, 6) is 0. The van der Waals surface area contributed by atoms with Crippen LogP contribution in [0.15, 0.2) is 18.3 Å². The lowest BCUT2D eigenvalue weighted by molar-refractivity contribution is -0.0980. The molecule has 5 heteroatoms. The first-order valence-corrected chi connectivity index (χ1v) is 6.91. The van der Waals surface area contributed by atoms with Crippen molar-refractivity contribution in [3.63, 3.8) is 0 Å². The summed E-state index contributed by atoms with van der Waals surface area (Å²) in [5.41, 5.74) is 1.52. The van der Waals surface area contributed by atoms with E-state index >= 15 is 0 Å². The molecular weight excluding hydrogens is 256 g/mol. The minimum atomic E-state index is -0.238. The molecule has 2 fully saturated rings. The highest BCUT2D eigenvalue weighted by atomic mass is 16.6. The fraction of sp³-hybridized carbons (Fsp3) is 0.533. The summed E-state index contributed by atoms with van der Waals surface area (Å²) in [4.78, 5) is 26.1. The molecule has 1 aromatic rings. The highest BCUT2D eigenvalue weighted by molar-refractivity contribution is 5.90. The molecule has 0 aromatic carbocycles. The molecule has 2 aliphatic rings. The van der Waals surface area contributed by atoms with Crippen LogP contribution in [0, 0.1) is 6.92 Å². The third-order valence-corrected chi connectivity index (χ3v) is 4.01. The zero-order valence-electron chi connectivity index (χ0n) is 11.8. The monoisotopic (exact) mass is 276 g/mol. The summed E-state index contributed by atoms with van der Waals surface area (Å²) >= 11 is 0. The molecule has 0 atom stereocenters. The number of ether oxygens (including phenoxy) is 1.